The number of nitrogens with two attached hydrogens (primary N) is 1. The molecule has 2 rings (SSSR count). The van der Waals surface area contributed by atoms with Gasteiger partial charge < -0.3 is 20.9 Å². The second kappa shape index (κ2) is 7.14. The van der Waals surface area contributed by atoms with Crippen molar-refractivity contribution in [3.63, 3.8) is 0 Å². The second-order valence-electron chi connectivity index (χ2n) is 4.67. The molecule has 0 spiro atoms. The van der Waals surface area contributed by atoms with Crippen molar-refractivity contribution in [2.24, 2.45) is 0 Å². The van der Waals surface area contributed by atoms with Crippen LogP contribution in [0.25, 0.3) is 0 Å². The summed E-state index contributed by atoms with van der Waals surface area (Å²) in [6.07, 6.45) is 2.03. The minimum absolute atomic E-state index is 0.0320. The molecule has 1 saturated heterocycles. The van der Waals surface area contributed by atoms with Crippen molar-refractivity contribution in [1.29, 1.82) is 0 Å². The fraction of sp³-hybridized carbons (Fsp3) is 0.667. The summed E-state index contributed by atoms with van der Waals surface area (Å²) in [5, 5.41) is 4.15. The molecule has 0 atom stereocenters. The first-order chi connectivity index (χ1) is 9.63. The molecule has 1 amide bonds. The van der Waals surface area contributed by atoms with Crippen LogP contribution in [0.5, 0.6) is 0 Å². The Morgan fingerprint density at radius 1 is 1.55 bits per heavy atom. The number of nitrogens with zero attached hydrogens (tertiary/aromatic N) is 3. The van der Waals surface area contributed by atoms with Gasteiger partial charge in [-0.3, -0.25) is 4.79 Å². The van der Waals surface area contributed by atoms with Crippen LogP contribution in [0.2, 0.25) is 0 Å². The Balaban J connectivity index is 2.08. The van der Waals surface area contributed by atoms with E-state index in [1.807, 2.05) is 13.3 Å². The minimum atomic E-state index is -0.0320. The summed E-state index contributed by atoms with van der Waals surface area (Å²) < 4.78 is 0. The molecule has 112 valence electrons. The summed E-state index contributed by atoms with van der Waals surface area (Å²) >= 11 is 3.12. The molecular formula is C12H21N5OS2. The van der Waals surface area contributed by atoms with Crippen molar-refractivity contribution < 1.29 is 4.79 Å². The number of hydrogen-bond donors (Lipinski definition) is 2. The maximum absolute atomic E-state index is 12.3. The van der Waals surface area contributed by atoms with E-state index in [0.29, 0.717) is 10.7 Å². The lowest BCUT2D eigenvalue weighted by atomic mass is 10.4. The molecule has 8 heteroatoms. The molecule has 0 aromatic carbocycles. The number of thioether (sulfide) groups is 1. The zero-order valence-electron chi connectivity index (χ0n) is 11.9. The maximum atomic E-state index is 12.3. The molecule has 0 aliphatic carbocycles. The number of amides is 1. The third-order valence-electron chi connectivity index (χ3n) is 3.20. The number of carbonyl (C=O) groups excluding carboxylic acids is 1. The Morgan fingerprint density at radius 2 is 2.25 bits per heavy atom. The summed E-state index contributed by atoms with van der Waals surface area (Å²) in [6, 6.07) is 0. The Kier molecular flexibility index (Phi) is 5.50. The lowest BCUT2D eigenvalue weighted by Gasteiger charge is -2.26. The number of piperazine rings is 1. The Hall–Kier alpha value is -0.990. The van der Waals surface area contributed by atoms with Gasteiger partial charge in [-0.1, -0.05) is 11.3 Å². The van der Waals surface area contributed by atoms with Crippen molar-refractivity contribution in [3.05, 3.63) is 4.88 Å². The number of rotatable bonds is 5. The van der Waals surface area contributed by atoms with Crippen molar-refractivity contribution in [2.45, 2.75) is 0 Å². The molecule has 2 heterocycles. The third kappa shape index (κ3) is 3.56. The number of anilines is 2. The van der Waals surface area contributed by atoms with Crippen LogP contribution in [0.3, 0.4) is 0 Å². The molecule has 1 aromatic rings. The van der Waals surface area contributed by atoms with E-state index in [1.54, 1.807) is 16.7 Å². The molecule has 0 saturated carbocycles. The van der Waals surface area contributed by atoms with Crippen LogP contribution in [0.15, 0.2) is 0 Å². The van der Waals surface area contributed by atoms with Gasteiger partial charge in [0, 0.05) is 45.5 Å². The van der Waals surface area contributed by atoms with Gasteiger partial charge in [-0.05, 0) is 6.26 Å². The van der Waals surface area contributed by atoms with Crippen LogP contribution in [-0.4, -0.2) is 67.6 Å². The van der Waals surface area contributed by atoms with Crippen LogP contribution >= 0.6 is 23.1 Å². The Labute approximate surface area is 127 Å². The van der Waals surface area contributed by atoms with E-state index in [9.17, 15) is 4.79 Å². The molecule has 6 nitrogen and oxygen atoms in total. The van der Waals surface area contributed by atoms with E-state index in [2.05, 4.69) is 15.2 Å². The van der Waals surface area contributed by atoms with Gasteiger partial charge in [0.05, 0.1) is 0 Å². The predicted octanol–water partition coefficient (Wildman–Crippen LogP) is 0.570. The monoisotopic (exact) mass is 315 g/mol. The molecule has 0 unspecified atom stereocenters. The molecule has 0 radical (unpaired) electrons. The van der Waals surface area contributed by atoms with E-state index in [0.717, 1.165) is 43.6 Å². The zero-order valence-corrected chi connectivity index (χ0v) is 13.5. The molecule has 3 N–H and O–H groups in total. The predicted molar refractivity (Wildman–Crippen MR) is 87.0 cm³/mol. The van der Waals surface area contributed by atoms with Crippen molar-refractivity contribution >= 4 is 40.0 Å². The number of hydrogen-bond acceptors (Lipinski definition) is 7. The summed E-state index contributed by atoms with van der Waals surface area (Å²) in [7, 11) is 1.81. The maximum Gasteiger partial charge on any atom is 0.267 e. The fourth-order valence-electron chi connectivity index (χ4n) is 1.97. The average Bonchev–Trinajstić information content (AvgIpc) is 2.87. The smallest absolute Gasteiger partial charge is 0.267 e. The van der Waals surface area contributed by atoms with Gasteiger partial charge in [0.1, 0.15) is 10.7 Å². The number of nitrogen functional groups attached to an aromatic ring is 1. The molecule has 20 heavy (non-hydrogen) atoms. The van der Waals surface area contributed by atoms with Crippen LogP contribution in [0.1, 0.15) is 9.67 Å². The SMILES string of the molecule is CSCCN(C)C(=O)c1sc(N2CCNCC2)nc1N. The molecular weight excluding hydrogens is 294 g/mol. The lowest BCUT2D eigenvalue weighted by Crippen LogP contribution is -2.43. The highest BCUT2D eigenvalue weighted by Crippen LogP contribution is 2.29. The van der Waals surface area contributed by atoms with E-state index < -0.39 is 0 Å². The summed E-state index contributed by atoms with van der Waals surface area (Å²) in [5.74, 6) is 1.24. The highest BCUT2D eigenvalue weighted by molar-refractivity contribution is 7.98. The first-order valence-electron chi connectivity index (χ1n) is 6.60. The number of aromatic nitrogens is 1. The Morgan fingerprint density at radius 3 is 2.90 bits per heavy atom. The van der Waals surface area contributed by atoms with E-state index >= 15 is 0 Å². The van der Waals surface area contributed by atoms with Gasteiger partial charge in [0.2, 0.25) is 0 Å². The fourth-order valence-corrected chi connectivity index (χ4v) is 3.46. The van der Waals surface area contributed by atoms with E-state index in [4.69, 9.17) is 5.73 Å². The van der Waals surface area contributed by atoms with E-state index in [-0.39, 0.29) is 5.91 Å². The van der Waals surface area contributed by atoms with Crippen LogP contribution in [0.4, 0.5) is 10.9 Å². The summed E-state index contributed by atoms with van der Waals surface area (Å²) in [4.78, 5) is 21.1. The van der Waals surface area contributed by atoms with Crippen molar-refractivity contribution in [3.8, 4) is 0 Å². The molecule has 1 aliphatic heterocycles. The first kappa shape index (κ1) is 15.4. The standard InChI is InChI=1S/C12H21N5OS2/c1-16(7-8-19-2)11(18)9-10(13)15-12(20-9)17-5-3-14-4-6-17/h14H,3-8,13H2,1-2H3. The van der Waals surface area contributed by atoms with Gasteiger partial charge in [-0.2, -0.15) is 11.8 Å². The van der Waals surface area contributed by atoms with Crippen LogP contribution < -0.4 is 16.0 Å². The zero-order chi connectivity index (χ0) is 14.5. The molecule has 1 aliphatic rings. The van der Waals surface area contributed by atoms with Gasteiger partial charge in [-0.25, -0.2) is 4.98 Å². The summed E-state index contributed by atoms with van der Waals surface area (Å²) in [6.45, 7) is 4.42. The number of carbonyl (C=O) groups is 1. The van der Waals surface area contributed by atoms with E-state index in [1.165, 1.54) is 11.3 Å². The first-order valence-corrected chi connectivity index (χ1v) is 8.81. The highest BCUT2D eigenvalue weighted by atomic mass is 32.2. The van der Waals surface area contributed by atoms with Crippen molar-refractivity contribution in [2.75, 3.05) is 62.4 Å². The third-order valence-corrected chi connectivity index (χ3v) is 4.91. The minimum Gasteiger partial charge on any atom is -0.382 e. The largest absolute Gasteiger partial charge is 0.382 e. The molecule has 1 fully saturated rings. The second-order valence-corrected chi connectivity index (χ2v) is 6.63. The summed E-state index contributed by atoms with van der Waals surface area (Å²) in [5.41, 5.74) is 5.92. The Bertz CT molecular complexity index is 459. The number of thiazole rings is 1. The van der Waals surface area contributed by atoms with Gasteiger partial charge in [0.15, 0.2) is 5.13 Å². The quantitative estimate of drug-likeness (QED) is 0.827. The number of nitrogens with one attached hydrogen (secondary N) is 1. The topological polar surface area (TPSA) is 74.5 Å². The molecule has 1 aromatic heterocycles. The normalized spacial score (nSPS) is 15.4. The van der Waals surface area contributed by atoms with Crippen LogP contribution in [-0.2, 0) is 0 Å². The highest BCUT2D eigenvalue weighted by Gasteiger charge is 2.22. The van der Waals surface area contributed by atoms with Gasteiger partial charge in [0.25, 0.3) is 5.91 Å². The molecule has 0 bridgehead atoms. The average molecular weight is 315 g/mol. The lowest BCUT2D eigenvalue weighted by molar-refractivity contribution is 0.0809. The van der Waals surface area contributed by atoms with Crippen molar-refractivity contribution in [1.82, 2.24) is 15.2 Å². The van der Waals surface area contributed by atoms with Gasteiger partial charge in [-0.15, -0.1) is 0 Å². The van der Waals surface area contributed by atoms with Crippen LogP contribution in [0, 0.1) is 0 Å². The van der Waals surface area contributed by atoms with Gasteiger partial charge >= 0.3 is 0 Å².